The van der Waals surface area contributed by atoms with Crippen molar-refractivity contribution in [3.05, 3.63) is 59.0 Å². The van der Waals surface area contributed by atoms with Gasteiger partial charge in [-0.25, -0.2) is 9.50 Å². The maximum atomic E-state index is 12.6. The summed E-state index contributed by atoms with van der Waals surface area (Å²) >= 11 is 0. The third-order valence-electron chi connectivity index (χ3n) is 3.97. The molecule has 0 saturated heterocycles. The van der Waals surface area contributed by atoms with Crippen LogP contribution in [0.25, 0.3) is 5.65 Å². The van der Waals surface area contributed by atoms with E-state index < -0.39 is 5.91 Å². The number of fused-ring (bicyclic) bond motifs is 1. The summed E-state index contributed by atoms with van der Waals surface area (Å²) in [6.07, 6.45) is 4.19. The van der Waals surface area contributed by atoms with E-state index in [9.17, 15) is 9.59 Å². The molecular weight excluding hydrogens is 332 g/mol. The van der Waals surface area contributed by atoms with E-state index in [1.54, 1.807) is 0 Å². The zero-order valence-corrected chi connectivity index (χ0v) is 14.9. The molecule has 2 aromatic heterocycles. The summed E-state index contributed by atoms with van der Waals surface area (Å²) in [7, 11) is 4.02. The number of benzene rings is 1. The summed E-state index contributed by atoms with van der Waals surface area (Å²) < 4.78 is 1.36. The Kier molecular flexibility index (Phi) is 4.68. The quantitative estimate of drug-likeness (QED) is 0.723. The van der Waals surface area contributed by atoms with Gasteiger partial charge >= 0.3 is 0 Å². The molecule has 3 rings (SSSR count). The SMILES string of the molecule is Cc1cc(NC(=O)c2cnn3cc(C(N)=O)cnc23)ccc1CN(C)C. The zero-order valence-electron chi connectivity index (χ0n) is 14.9. The lowest BCUT2D eigenvalue weighted by Gasteiger charge is -2.13. The minimum atomic E-state index is -0.603. The molecule has 8 nitrogen and oxygen atoms in total. The predicted molar refractivity (Wildman–Crippen MR) is 98.0 cm³/mol. The standard InChI is InChI=1S/C18H20N6O2/c1-11-6-14(5-4-12(11)9-23(2)3)22-18(26)15-8-21-24-10-13(16(19)25)7-20-17(15)24/h4-8,10H,9H2,1-3H3,(H2,19,25)(H,22,26). The Morgan fingerprint density at radius 1 is 1.27 bits per heavy atom. The molecule has 0 atom stereocenters. The first-order chi connectivity index (χ1) is 12.3. The van der Waals surface area contributed by atoms with E-state index in [1.807, 2.05) is 39.2 Å². The van der Waals surface area contributed by atoms with Crippen molar-refractivity contribution in [1.29, 1.82) is 0 Å². The van der Waals surface area contributed by atoms with Crippen molar-refractivity contribution in [3.8, 4) is 0 Å². The summed E-state index contributed by atoms with van der Waals surface area (Å²) in [6, 6.07) is 5.80. The molecule has 2 amide bonds. The average molecular weight is 352 g/mol. The molecule has 0 saturated carbocycles. The van der Waals surface area contributed by atoms with Gasteiger partial charge in [-0.1, -0.05) is 6.07 Å². The van der Waals surface area contributed by atoms with E-state index in [-0.39, 0.29) is 11.5 Å². The van der Waals surface area contributed by atoms with Gasteiger partial charge in [0.15, 0.2) is 5.65 Å². The lowest BCUT2D eigenvalue weighted by atomic mass is 10.1. The van der Waals surface area contributed by atoms with Crippen molar-refractivity contribution >= 4 is 23.1 Å². The average Bonchev–Trinajstić information content (AvgIpc) is 3.00. The summed E-state index contributed by atoms with van der Waals surface area (Å²) in [5.41, 5.74) is 9.11. The van der Waals surface area contributed by atoms with E-state index in [0.29, 0.717) is 16.9 Å². The van der Waals surface area contributed by atoms with Crippen molar-refractivity contribution in [2.75, 3.05) is 19.4 Å². The number of anilines is 1. The van der Waals surface area contributed by atoms with Crippen LogP contribution in [0.5, 0.6) is 0 Å². The van der Waals surface area contributed by atoms with E-state index in [2.05, 4.69) is 20.3 Å². The Morgan fingerprint density at radius 2 is 2.04 bits per heavy atom. The summed E-state index contributed by atoms with van der Waals surface area (Å²) in [4.78, 5) is 30.0. The lowest BCUT2D eigenvalue weighted by molar-refractivity contribution is 0.0997. The highest BCUT2D eigenvalue weighted by Crippen LogP contribution is 2.18. The third kappa shape index (κ3) is 3.55. The largest absolute Gasteiger partial charge is 0.366 e. The molecular formula is C18H20N6O2. The normalized spacial score (nSPS) is 11.1. The van der Waals surface area contributed by atoms with E-state index >= 15 is 0 Å². The third-order valence-corrected chi connectivity index (χ3v) is 3.97. The Hall–Kier alpha value is -3.26. The molecule has 3 aromatic rings. The van der Waals surface area contributed by atoms with Gasteiger partial charge in [0.25, 0.3) is 11.8 Å². The number of rotatable bonds is 5. The lowest BCUT2D eigenvalue weighted by Crippen LogP contribution is -2.15. The van der Waals surface area contributed by atoms with Crippen LogP contribution in [-0.2, 0) is 6.54 Å². The second-order valence-electron chi connectivity index (χ2n) is 6.37. The molecule has 0 unspecified atom stereocenters. The van der Waals surface area contributed by atoms with Gasteiger partial charge in [0.1, 0.15) is 5.56 Å². The highest BCUT2D eigenvalue weighted by Gasteiger charge is 2.15. The molecule has 26 heavy (non-hydrogen) atoms. The van der Waals surface area contributed by atoms with Gasteiger partial charge < -0.3 is 16.0 Å². The Morgan fingerprint density at radius 3 is 2.69 bits per heavy atom. The number of nitrogens with one attached hydrogen (secondary N) is 1. The van der Waals surface area contributed by atoms with Crippen LogP contribution in [0.1, 0.15) is 31.8 Å². The van der Waals surface area contributed by atoms with Gasteiger partial charge in [0.05, 0.1) is 11.8 Å². The van der Waals surface area contributed by atoms with Crippen LogP contribution in [-0.4, -0.2) is 45.4 Å². The molecule has 0 fully saturated rings. The Bertz CT molecular complexity index is 993. The topological polar surface area (TPSA) is 106 Å². The van der Waals surface area contributed by atoms with E-state index in [1.165, 1.54) is 28.7 Å². The maximum Gasteiger partial charge on any atom is 0.261 e. The van der Waals surface area contributed by atoms with Crippen LogP contribution < -0.4 is 11.1 Å². The van der Waals surface area contributed by atoms with Crippen molar-refractivity contribution in [2.45, 2.75) is 13.5 Å². The van der Waals surface area contributed by atoms with Crippen molar-refractivity contribution in [2.24, 2.45) is 5.73 Å². The number of nitrogens with two attached hydrogens (primary N) is 1. The fourth-order valence-corrected chi connectivity index (χ4v) is 2.65. The minimum absolute atomic E-state index is 0.222. The molecule has 3 N–H and O–H groups in total. The fourth-order valence-electron chi connectivity index (χ4n) is 2.65. The maximum absolute atomic E-state index is 12.6. The number of nitrogens with zero attached hydrogens (tertiary/aromatic N) is 4. The highest BCUT2D eigenvalue weighted by atomic mass is 16.2. The number of carbonyl (C=O) groups excluding carboxylic acids is 2. The molecule has 0 aliphatic rings. The zero-order chi connectivity index (χ0) is 18.8. The van der Waals surface area contributed by atoms with Crippen LogP contribution >= 0.6 is 0 Å². The number of hydrogen-bond acceptors (Lipinski definition) is 5. The van der Waals surface area contributed by atoms with Crippen LogP contribution in [0.4, 0.5) is 5.69 Å². The first-order valence-electron chi connectivity index (χ1n) is 8.04. The predicted octanol–water partition coefficient (Wildman–Crippen LogP) is 1.45. The molecule has 0 aliphatic heterocycles. The van der Waals surface area contributed by atoms with Crippen LogP contribution in [0.2, 0.25) is 0 Å². The molecule has 0 aliphatic carbocycles. The van der Waals surface area contributed by atoms with Gasteiger partial charge in [-0.2, -0.15) is 5.10 Å². The number of amides is 2. The second kappa shape index (κ2) is 6.93. The summed E-state index contributed by atoms with van der Waals surface area (Å²) in [5, 5.41) is 6.93. The summed E-state index contributed by atoms with van der Waals surface area (Å²) in [6.45, 7) is 2.84. The Labute approximate surface area is 150 Å². The highest BCUT2D eigenvalue weighted by molar-refractivity contribution is 6.08. The number of aryl methyl sites for hydroxylation is 1. The van der Waals surface area contributed by atoms with Gasteiger partial charge in [-0.3, -0.25) is 9.59 Å². The smallest absolute Gasteiger partial charge is 0.261 e. The number of hydrogen-bond donors (Lipinski definition) is 2. The van der Waals surface area contributed by atoms with Crippen LogP contribution in [0, 0.1) is 6.92 Å². The van der Waals surface area contributed by atoms with E-state index in [4.69, 9.17) is 5.73 Å². The van der Waals surface area contributed by atoms with Gasteiger partial charge in [0.2, 0.25) is 0 Å². The van der Waals surface area contributed by atoms with Gasteiger partial charge in [0, 0.05) is 24.6 Å². The number of primary amides is 1. The van der Waals surface area contributed by atoms with Crippen LogP contribution in [0.15, 0.2) is 36.8 Å². The molecule has 134 valence electrons. The first kappa shape index (κ1) is 17.6. The number of aromatic nitrogens is 3. The molecule has 1 aromatic carbocycles. The molecule has 2 heterocycles. The Balaban J connectivity index is 1.83. The minimum Gasteiger partial charge on any atom is -0.366 e. The molecule has 0 radical (unpaired) electrons. The molecule has 0 bridgehead atoms. The van der Waals surface area contributed by atoms with Crippen LogP contribution in [0.3, 0.4) is 0 Å². The van der Waals surface area contributed by atoms with Crippen molar-refractivity contribution < 1.29 is 9.59 Å². The van der Waals surface area contributed by atoms with E-state index in [0.717, 1.165) is 12.1 Å². The van der Waals surface area contributed by atoms with Gasteiger partial charge in [-0.05, 0) is 44.3 Å². The molecule has 8 heteroatoms. The fraction of sp³-hybridized carbons (Fsp3) is 0.222. The second-order valence-corrected chi connectivity index (χ2v) is 6.37. The van der Waals surface area contributed by atoms with Crippen molar-refractivity contribution in [1.82, 2.24) is 19.5 Å². The first-order valence-corrected chi connectivity index (χ1v) is 8.04. The summed E-state index contributed by atoms with van der Waals surface area (Å²) in [5.74, 6) is -0.923. The van der Waals surface area contributed by atoms with Gasteiger partial charge in [-0.15, -0.1) is 0 Å². The number of carbonyl (C=O) groups is 2. The van der Waals surface area contributed by atoms with Crippen molar-refractivity contribution in [3.63, 3.8) is 0 Å². The monoisotopic (exact) mass is 352 g/mol. The molecule has 0 spiro atoms.